The second kappa shape index (κ2) is 8.55. The monoisotopic (exact) mass is 425 g/mol. The molecule has 160 valence electrons. The fraction of sp³-hybridized carbons (Fsp3) is 0.227. The molecule has 0 unspecified atom stereocenters. The summed E-state index contributed by atoms with van der Waals surface area (Å²) in [6.45, 7) is 3.74. The number of nitrogens with one attached hydrogen (secondary N) is 1. The number of benzene rings is 2. The minimum absolute atomic E-state index is 0.0688. The van der Waals surface area contributed by atoms with Gasteiger partial charge in [0.25, 0.3) is 5.56 Å². The van der Waals surface area contributed by atoms with Crippen LogP contribution in [0.25, 0.3) is 5.69 Å². The van der Waals surface area contributed by atoms with Crippen LogP contribution in [0.3, 0.4) is 0 Å². The predicted octanol–water partition coefficient (Wildman–Crippen LogP) is 3.17. The first-order valence-corrected chi connectivity index (χ1v) is 9.84. The predicted molar refractivity (Wildman–Crippen MR) is 114 cm³/mol. The van der Waals surface area contributed by atoms with Crippen molar-refractivity contribution in [3.05, 3.63) is 82.1 Å². The highest BCUT2D eigenvalue weighted by Crippen LogP contribution is 2.17. The van der Waals surface area contributed by atoms with Gasteiger partial charge in [-0.2, -0.15) is 4.68 Å². The van der Waals surface area contributed by atoms with Crippen LogP contribution < -0.4 is 15.8 Å². The Balaban J connectivity index is 1.43. The first kappa shape index (κ1) is 20.5. The van der Waals surface area contributed by atoms with E-state index in [4.69, 9.17) is 0 Å². The number of piperazine rings is 1. The molecule has 3 aromatic rings. The van der Waals surface area contributed by atoms with E-state index >= 15 is 0 Å². The lowest BCUT2D eigenvalue weighted by Gasteiger charge is -2.35. The molecule has 9 heteroatoms. The van der Waals surface area contributed by atoms with Gasteiger partial charge in [-0.15, -0.1) is 5.10 Å². The molecule has 0 spiro atoms. The molecule has 0 bridgehead atoms. The fourth-order valence-electron chi connectivity index (χ4n) is 3.36. The molecule has 1 N–H and O–H groups in total. The van der Waals surface area contributed by atoms with Crippen molar-refractivity contribution in [3.63, 3.8) is 0 Å². The van der Waals surface area contributed by atoms with E-state index in [1.165, 1.54) is 16.8 Å². The van der Waals surface area contributed by atoms with Crippen LogP contribution in [-0.2, 0) is 0 Å². The van der Waals surface area contributed by atoms with Crippen molar-refractivity contribution in [3.8, 4) is 5.69 Å². The zero-order chi connectivity index (χ0) is 22.0. The number of anilines is 2. The number of rotatable bonds is 3. The number of hydrogen-bond acceptors (Lipinski definition) is 4. The van der Waals surface area contributed by atoms with Crippen LogP contribution in [-0.4, -0.2) is 46.9 Å². The van der Waals surface area contributed by atoms with Crippen molar-refractivity contribution < 1.29 is 13.6 Å². The quantitative estimate of drug-likeness (QED) is 0.700. The highest BCUT2D eigenvalue weighted by Gasteiger charge is 2.23. The zero-order valence-corrected chi connectivity index (χ0v) is 16.9. The molecule has 1 fully saturated rings. The minimum atomic E-state index is -0.824. The third kappa shape index (κ3) is 4.55. The second-order valence-electron chi connectivity index (χ2n) is 7.31. The Labute approximate surface area is 177 Å². The molecule has 0 atom stereocenters. The van der Waals surface area contributed by atoms with Gasteiger partial charge in [-0.25, -0.2) is 13.6 Å². The summed E-state index contributed by atoms with van der Waals surface area (Å²) in [7, 11) is 0. The van der Waals surface area contributed by atoms with Gasteiger partial charge in [0, 0.05) is 38.3 Å². The lowest BCUT2D eigenvalue weighted by atomic mass is 10.2. The summed E-state index contributed by atoms with van der Waals surface area (Å²) < 4.78 is 28.2. The summed E-state index contributed by atoms with van der Waals surface area (Å²) >= 11 is 0. The van der Waals surface area contributed by atoms with Gasteiger partial charge in [-0.3, -0.25) is 4.79 Å². The number of aryl methyl sites for hydroxylation is 1. The number of amides is 2. The molecule has 0 saturated carbocycles. The Hall–Kier alpha value is -3.75. The summed E-state index contributed by atoms with van der Waals surface area (Å²) in [5.41, 5.74) is 1.47. The van der Waals surface area contributed by atoms with Crippen molar-refractivity contribution in [2.45, 2.75) is 6.92 Å². The van der Waals surface area contributed by atoms with E-state index in [2.05, 4.69) is 10.4 Å². The molecule has 1 saturated heterocycles. The molecular weight excluding hydrogens is 404 g/mol. The van der Waals surface area contributed by atoms with Crippen molar-refractivity contribution in [2.24, 2.45) is 0 Å². The van der Waals surface area contributed by atoms with Gasteiger partial charge in [0.1, 0.15) is 17.5 Å². The number of urea groups is 1. The van der Waals surface area contributed by atoms with E-state index in [0.29, 0.717) is 37.7 Å². The SMILES string of the molecule is Cc1ccc(-n2nc(N3CCN(C(=O)Nc4ccc(F)cc4F)CC3)ccc2=O)cc1. The van der Waals surface area contributed by atoms with Gasteiger partial charge >= 0.3 is 6.03 Å². The van der Waals surface area contributed by atoms with Crippen LogP contribution in [0.2, 0.25) is 0 Å². The number of nitrogens with zero attached hydrogens (tertiary/aromatic N) is 4. The summed E-state index contributed by atoms with van der Waals surface area (Å²) in [6, 6.07) is 13.2. The Bertz CT molecular complexity index is 1160. The van der Waals surface area contributed by atoms with Crippen LogP contribution in [0.5, 0.6) is 0 Å². The molecular formula is C22H21F2N5O2. The molecule has 1 aromatic heterocycles. The van der Waals surface area contributed by atoms with E-state index in [9.17, 15) is 18.4 Å². The third-order valence-electron chi connectivity index (χ3n) is 5.13. The lowest BCUT2D eigenvalue weighted by molar-refractivity contribution is 0.208. The Morgan fingerprint density at radius 2 is 1.68 bits per heavy atom. The molecule has 2 aromatic carbocycles. The van der Waals surface area contributed by atoms with Crippen LogP contribution in [0.4, 0.5) is 25.1 Å². The number of halogens is 2. The van der Waals surface area contributed by atoms with Crippen molar-refractivity contribution in [1.82, 2.24) is 14.7 Å². The Morgan fingerprint density at radius 1 is 0.968 bits per heavy atom. The number of hydrogen-bond donors (Lipinski definition) is 1. The molecule has 7 nitrogen and oxygen atoms in total. The van der Waals surface area contributed by atoms with Crippen molar-refractivity contribution in [1.29, 1.82) is 0 Å². The molecule has 2 heterocycles. The number of aromatic nitrogens is 2. The smallest absolute Gasteiger partial charge is 0.322 e. The number of carbonyl (C=O) groups excluding carboxylic acids is 1. The largest absolute Gasteiger partial charge is 0.352 e. The van der Waals surface area contributed by atoms with Crippen molar-refractivity contribution >= 4 is 17.5 Å². The van der Waals surface area contributed by atoms with Crippen LogP contribution in [0.1, 0.15) is 5.56 Å². The molecule has 31 heavy (non-hydrogen) atoms. The van der Waals surface area contributed by atoms with Crippen molar-refractivity contribution in [2.75, 3.05) is 36.4 Å². The highest BCUT2D eigenvalue weighted by molar-refractivity contribution is 5.89. The summed E-state index contributed by atoms with van der Waals surface area (Å²) in [6.07, 6.45) is 0. The minimum Gasteiger partial charge on any atom is -0.352 e. The van der Waals surface area contributed by atoms with E-state index in [0.717, 1.165) is 17.7 Å². The lowest BCUT2D eigenvalue weighted by Crippen LogP contribution is -2.50. The number of carbonyl (C=O) groups is 1. The first-order chi connectivity index (χ1) is 14.9. The molecule has 2 amide bonds. The maximum Gasteiger partial charge on any atom is 0.322 e. The molecule has 0 radical (unpaired) electrons. The fourth-order valence-corrected chi connectivity index (χ4v) is 3.36. The van der Waals surface area contributed by atoms with E-state index in [-0.39, 0.29) is 11.2 Å². The summed E-state index contributed by atoms with van der Waals surface area (Å²) in [5, 5.41) is 6.95. The van der Waals surface area contributed by atoms with Gasteiger partial charge < -0.3 is 15.1 Å². The van der Waals surface area contributed by atoms with Gasteiger partial charge in [0.2, 0.25) is 0 Å². The maximum absolute atomic E-state index is 13.8. The zero-order valence-electron chi connectivity index (χ0n) is 16.9. The normalized spacial score (nSPS) is 13.9. The average Bonchev–Trinajstić information content (AvgIpc) is 2.77. The van der Waals surface area contributed by atoms with Gasteiger partial charge in [0.05, 0.1) is 11.4 Å². The highest BCUT2D eigenvalue weighted by atomic mass is 19.1. The summed E-state index contributed by atoms with van der Waals surface area (Å²) in [4.78, 5) is 28.2. The topological polar surface area (TPSA) is 70.5 Å². The summed E-state index contributed by atoms with van der Waals surface area (Å²) in [5.74, 6) is -0.900. The first-order valence-electron chi connectivity index (χ1n) is 9.84. The maximum atomic E-state index is 13.8. The standard InChI is InChI=1S/C22H21F2N5O2/c1-15-2-5-17(6-3-15)29-21(30)9-8-20(26-29)27-10-12-28(13-11-27)22(31)25-19-7-4-16(23)14-18(19)24/h2-9,14H,10-13H2,1H3,(H,25,31). The second-order valence-corrected chi connectivity index (χ2v) is 7.31. The van der Waals surface area contributed by atoms with Gasteiger partial charge in [-0.05, 0) is 37.3 Å². The van der Waals surface area contributed by atoms with Gasteiger partial charge in [0.15, 0.2) is 0 Å². The van der Waals surface area contributed by atoms with Crippen LogP contribution in [0, 0.1) is 18.6 Å². The van der Waals surface area contributed by atoms with E-state index < -0.39 is 17.7 Å². The molecule has 0 aliphatic carbocycles. The molecule has 1 aliphatic heterocycles. The average molecular weight is 425 g/mol. The molecule has 1 aliphatic rings. The molecule has 4 rings (SSSR count). The van der Waals surface area contributed by atoms with Gasteiger partial charge in [-0.1, -0.05) is 17.7 Å². The Kier molecular flexibility index (Phi) is 5.66. The van der Waals surface area contributed by atoms with Crippen LogP contribution >= 0.6 is 0 Å². The third-order valence-corrected chi connectivity index (χ3v) is 5.13. The Morgan fingerprint density at radius 3 is 2.35 bits per heavy atom. The van der Waals surface area contributed by atoms with E-state index in [1.807, 2.05) is 36.1 Å². The van der Waals surface area contributed by atoms with E-state index in [1.54, 1.807) is 11.0 Å². The van der Waals surface area contributed by atoms with Crippen LogP contribution in [0.15, 0.2) is 59.4 Å².